The van der Waals surface area contributed by atoms with Gasteiger partial charge in [0.2, 0.25) is 5.91 Å². The molecule has 7 nitrogen and oxygen atoms in total. The van der Waals surface area contributed by atoms with E-state index in [0.29, 0.717) is 18.0 Å². The Morgan fingerprint density at radius 2 is 2.00 bits per heavy atom. The molecular formula is C17H27N3O4. The van der Waals surface area contributed by atoms with Crippen LogP contribution in [0, 0.1) is 0 Å². The fourth-order valence-corrected chi connectivity index (χ4v) is 2.28. The van der Waals surface area contributed by atoms with Gasteiger partial charge in [-0.2, -0.15) is 0 Å². The summed E-state index contributed by atoms with van der Waals surface area (Å²) in [5.41, 5.74) is 0.576. The molecule has 0 heterocycles. The molecule has 0 aliphatic rings. The molecule has 0 bridgehead atoms. The van der Waals surface area contributed by atoms with Crippen molar-refractivity contribution in [1.82, 2.24) is 10.2 Å². The number of carboxylic acids is 1. The Balaban J connectivity index is 2.51. The summed E-state index contributed by atoms with van der Waals surface area (Å²) in [7, 11) is 1.54. The second kappa shape index (κ2) is 10.6. The molecule has 24 heavy (non-hydrogen) atoms. The summed E-state index contributed by atoms with van der Waals surface area (Å²) in [6.45, 7) is 7.19. The molecule has 0 saturated carbocycles. The van der Waals surface area contributed by atoms with Crippen molar-refractivity contribution in [2.45, 2.75) is 26.3 Å². The van der Waals surface area contributed by atoms with Gasteiger partial charge in [-0.1, -0.05) is 19.9 Å². The minimum absolute atomic E-state index is 0.134. The summed E-state index contributed by atoms with van der Waals surface area (Å²) in [6.07, 6.45) is -0.134. The van der Waals surface area contributed by atoms with Gasteiger partial charge in [-0.25, -0.2) is 0 Å². The van der Waals surface area contributed by atoms with Crippen LogP contribution in [0.4, 0.5) is 5.69 Å². The highest BCUT2D eigenvalue weighted by atomic mass is 16.5. The van der Waals surface area contributed by atoms with E-state index < -0.39 is 12.0 Å². The first-order chi connectivity index (χ1) is 11.5. The third kappa shape index (κ3) is 6.97. The van der Waals surface area contributed by atoms with Crippen molar-refractivity contribution in [3.63, 3.8) is 0 Å². The quantitative estimate of drug-likeness (QED) is 0.565. The average Bonchev–Trinajstić information content (AvgIpc) is 2.57. The van der Waals surface area contributed by atoms with Crippen molar-refractivity contribution in [1.29, 1.82) is 0 Å². The van der Waals surface area contributed by atoms with Crippen LogP contribution in [0.2, 0.25) is 0 Å². The molecule has 134 valence electrons. The van der Waals surface area contributed by atoms with Gasteiger partial charge in [0.15, 0.2) is 0 Å². The van der Waals surface area contributed by atoms with E-state index in [2.05, 4.69) is 29.4 Å². The Hall–Kier alpha value is -2.12. The maximum atomic E-state index is 12.1. The minimum atomic E-state index is -1.03. The Bertz CT molecular complexity index is 532. The van der Waals surface area contributed by atoms with Crippen LogP contribution in [0.25, 0.3) is 0 Å². The molecule has 1 amide bonds. The number of rotatable bonds is 11. The number of likely N-dealkylation sites (N-methyl/N-ethyl adjacent to an activating group) is 1. The molecule has 0 fully saturated rings. The highest BCUT2D eigenvalue weighted by molar-refractivity contribution is 5.94. The molecular weight excluding hydrogens is 310 g/mol. The van der Waals surface area contributed by atoms with E-state index in [-0.39, 0.29) is 12.3 Å². The van der Waals surface area contributed by atoms with Crippen LogP contribution in [0.1, 0.15) is 20.3 Å². The number of methoxy groups -OCH3 is 1. The molecule has 0 aromatic heterocycles. The smallest absolute Gasteiger partial charge is 0.321 e. The highest BCUT2D eigenvalue weighted by Gasteiger charge is 2.20. The lowest BCUT2D eigenvalue weighted by Gasteiger charge is -2.20. The maximum Gasteiger partial charge on any atom is 0.321 e. The molecule has 0 aliphatic heterocycles. The number of carboxylic acid groups (broad SMARTS) is 1. The average molecular weight is 337 g/mol. The summed E-state index contributed by atoms with van der Waals surface area (Å²) < 4.78 is 5.09. The number of ether oxygens (including phenoxy) is 1. The molecule has 1 aromatic carbocycles. The highest BCUT2D eigenvalue weighted by Crippen LogP contribution is 2.16. The van der Waals surface area contributed by atoms with E-state index >= 15 is 0 Å². The summed E-state index contributed by atoms with van der Waals surface area (Å²) in [5.74, 6) is -0.763. The lowest BCUT2D eigenvalue weighted by atomic mass is 10.2. The molecule has 1 rings (SSSR count). The number of anilines is 1. The van der Waals surface area contributed by atoms with Crippen LogP contribution in [0.5, 0.6) is 5.75 Å². The van der Waals surface area contributed by atoms with E-state index in [1.54, 1.807) is 31.4 Å². The van der Waals surface area contributed by atoms with Gasteiger partial charge in [0.25, 0.3) is 0 Å². The summed E-state index contributed by atoms with van der Waals surface area (Å²) >= 11 is 0. The molecule has 7 heteroatoms. The molecule has 1 aromatic rings. The number of aliphatic carboxylic acids is 1. The fourth-order valence-electron chi connectivity index (χ4n) is 2.28. The summed E-state index contributed by atoms with van der Waals surface area (Å²) in [4.78, 5) is 25.6. The van der Waals surface area contributed by atoms with Crippen LogP contribution < -0.4 is 15.4 Å². The monoisotopic (exact) mass is 337 g/mol. The minimum Gasteiger partial charge on any atom is -0.497 e. The molecule has 0 saturated heterocycles. The Morgan fingerprint density at radius 1 is 1.29 bits per heavy atom. The molecule has 0 radical (unpaired) electrons. The van der Waals surface area contributed by atoms with Crippen molar-refractivity contribution in [3.8, 4) is 5.75 Å². The number of carbonyl (C=O) groups is 2. The molecule has 3 N–H and O–H groups in total. The van der Waals surface area contributed by atoms with Crippen LogP contribution in [0.15, 0.2) is 24.3 Å². The normalized spacial score (nSPS) is 12.0. The predicted molar refractivity (Wildman–Crippen MR) is 93.5 cm³/mol. The number of amides is 1. The number of nitrogens with zero attached hydrogens (tertiary/aromatic N) is 1. The van der Waals surface area contributed by atoms with Gasteiger partial charge in [0.1, 0.15) is 11.8 Å². The predicted octanol–water partition coefficient (Wildman–Crippen LogP) is 1.41. The van der Waals surface area contributed by atoms with Gasteiger partial charge in [-0.05, 0) is 25.2 Å². The van der Waals surface area contributed by atoms with Gasteiger partial charge in [0.05, 0.1) is 13.5 Å². The molecule has 1 atom stereocenters. The van der Waals surface area contributed by atoms with Crippen LogP contribution in [-0.2, 0) is 9.59 Å². The fraction of sp³-hybridized carbons (Fsp3) is 0.529. The number of hydrogen-bond acceptors (Lipinski definition) is 5. The molecule has 0 aliphatic carbocycles. The second-order valence-corrected chi connectivity index (χ2v) is 5.36. The van der Waals surface area contributed by atoms with E-state index in [9.17, 15) is 14.7 Å². The number of carbonyl (C=O) groups excluding carboxylic acids is 1. The van der Waals surface area contributed by atoms with E-state index in [4.69, 9.17) is 4.74 Å². The topological polar surface area (TPSA) is 90.9 Å². The second-order valence-electron chi connectivity index (χ2n) is 5.36. The van der Waals surface area contributed by atoms with E-state index in [0.717, 1.165) is 19.6 Å². The Morgan fingerprint density at radius 3 is 2.58 bits per heavy atom. The maximum absolute atomic E-state index is 12.1. The summed E-state index contributed by atoms with van der Waals surface area (Å²) in [6, 6.07) is 6.02. The van der Waals surface area contributed by atoms with Crippen molar-refractivity contribution in [2.75, 3.05) is 38.6 Å². The van der Waals surface area contributed by atoms with Crippen molar-refractivity contribution in [2.24, 2.45) is 0 Å². The number of benzene rings is 1. The zero-order valence-corrected chi connectivity index (χ0v) is 14.5. The number of hydrogen-bond donors (Lipinski definition) is 3. The first-order valence-electron chi connectivity index (χ1n) is 8.12. The van der Waals surface area contributed by atoms with Gasteiger partial charge in [-0.3, -0.25) is 9.59 Å². The first-order valence-corrected chi connectivity index (χ1v) is 8.12. The zero-order valence-electron chi connectivity index (χ0n) is 14.5. The zero-order chi connectivity index (χ0) is 17.9. The summed E-state index contributed by atoms with van der Waals surface area (Å²) in [5, 5.41) is 14.9. The van der Waals surface area contributed by atoms with Crippen LogP contribution in [-0.4, -0.2) is 61.2 Å². The largest absolute Gasteiger partial charge is 0.497 e. The van der Waals surface area contributed by atoms with E-state index in [1.807, 2.05) is 0 Å². The Kier molecular flexibility index (Phi) is 8.81. The van der Waals surface area contributed by atoms with Crippen molar-refractivity contribution in [3.05, 3.63) is 24.3 Å². The van der Waals surface area contributed by atoms with Crippen molar-refractivity contribution >= 4 is 17.6 Å². The standard InChI is InChI=1S/C17H27N3O4/c1-4-20(5-2)10-9-18-15(17(22)23)12-16(21)19-13-7-6-8-14(11-13)24-3/h6-8,11,15,18H,4-5,9-10,12H2,1-3H3,(H,19,21)(H,22,23)/t15-/m0/s1. The lowest BCUT2D eigenvalue weighted by molar-refractivity contribution is -0.141. The third-order valence-electron chi connectivity index (χ3n) is 3.75. The third-order valence-corrected chi connectivity index (χ3v) is 3.75. The van der Waals surface area contributed by atoms with Crippen molar-refractivity contribution < 1.29 is 19.4 Å². The van der Waals surface area contributed by atoms with Crippen LogP contribution in [0.3, 0.4) is 0 Å². The Labute approximate surface area is 143 Å². The lowest BCUT2D eigenvalue weighted by Crippen LogP contribution is -2.43. The molecule has 0 unspecified atom stereocenters. The van der Waals surface area contributed by atoms with E-state index in [1.165, 1.54) is 0 Å². The van der Waals surface area contributed by atoms with Crippen LogP contribution >= 0.6 is 0 Å². The van der Waals surface area contributed by atoms with Gasteiger partial charge >= 0.3 is 5.97 Å². The van der Waals surface area contributed by atoms with Gasteiger partial charge < -0.3 is 25.4 Å². The SMILES string of the molecule is CCN(CC)CCN[C@@H](CC(=O)Nc1cccc(OC)c1)C(=O)O. The number of nitrogens with one attached hydrogen (secondary N) is 2. The first kappa shape index (κ1) is 19.9. The van der Waals surface area contributed by atoms with Gasteiger partial charge in [0, 0.05) is 24.8 Å². The van der Waals surface area contributed by atoms with Gasteiger partial charge in [-0.15, -0.1) is 0 Å². The molecule has 0 spiro atoms.